The lowest BCUT2D eigenvalue weighted by atomic mass is 10.1. The minimum atomic E-state index is -0.553. The van der Waals surface area contributed by atoms with Crippen LogP contribution in [0.25, 0.3) is 0 Å². The molecular weight excluding hydrogens is 374 g/mol. The smallest absolute Gasteiger partial charge is 0.311 e. The van der Waals surface area contributed by atoms with Crippen LogP contribution in [0.3, 0.4) is 0 Å². The van der Waals surface area contributed by atoms with Crippen LogP contribution in [0.2, 0.25) is 5.02 Å². The predicted molar refractivity (Wildman–Crippen MR) is 99.3 cm³/mol. The first kappa shape index (κ1) is 18.6. The number of amides is 1. The normalized spacial score (nSPS) is 16.8. The molecule has 0 unspecified atom stereocenters. The average Bonchev–Trinajstić information content (AvgIpc) is 3.21. The molecule has 1 amide bonds. The summed E-state index contributed by atoms with van der Waals surface area (Å²) in [6.07, 6.45) is 0.0928. The maximum atomic E-state index is 12.2. The third kappa shape index (κ3) is 4.31. The number of esters is 1. The highest BCUT2D eigenvalue weighted by molar-refractivity contribution is 7.14. The number of rotatable bonds is 6. The molecule has 1 aliphatic heterocycles. The number of benzene rings is 1. The molecule has 26 heavy (non-hydrogen) atoms. The van der Waals surface area contributed by atoms with E-state index >= 15 is 0 Å². The number of hydrogen-bond donors (Lipinski definition) is 0. The van der Waals surface area contributed by atoms with Gasteiger partial charge in [0.05, 0.1) is 10.8 Å². The molecule has 7 heteroatoms. The molecule has 1 atom stereocenters. The van der Waals surface area contributed by atoms with Crippen molar-refractivity contribution >= 4 is 40.6 Å². The Balaban J connectivity index is 1.53. The highest BCUT2D eigenvalue weighted by Gasteiger charge is 2.35. The van der Waals surface area contributed by atoms with E-state index in [9.17, 15) is 14.4 Å². The summed E-state index contributed by atoms with van der Waals surface area (Å²) in [6.45, 7) is 2.24. The van der Waals surface area contributed by atoms with Crippen LogP contribution in [0.4, 0.5) is 0 Å². The van der Waals surface area contributed by atoms with Crippen molar-refractivity contribution in [2.24, 2.45) is 5.92 Å². The number of hydrogen-bond acceptors (Lipinski definition) is 5. The Labute approximate surface area is 160 Å². The number of carbonyl (C=O) groups excluding carboxylic acids is 3. The number of likely N-dealkylation sites (tertiary alicyclic amines) is 1. The van der Waals surface area contributed by atoms with E-state index in [1.54, 1.807) is 17.0 Å². The van der Waals surface area contributed by atoms with Crippen molar-refractivity contribution in [3.8, 4) is 0 Å². The SMILES string of the molecule is Cc1ccc(C(=O)COC(=O)[C@H]2CC(=O)N(Cc3ccccc3Cl)C2)s1. The first-order valence-electron chi connectivity index (χ1n) is 8.21. The Morgan fingerprint density at radius 1 is 1.27 bits per heavy atom. The molecule has 0 radical (unpaired) electrons. The van der Waals surface area contributed by atoms with Crippen LogP contribution >= 0.6 is 22.9 Å². The second-order valence-corrected chi connectivity index (χ2v) is 7.90. The zero-order valence-corrected chi connectivity index (χ0v) is 15.8. The molecule has 2 heterocycles. The van der Waals surface area contributed by atoms with Gasteiger partial charge in [-0.2, -0.15) is 0 Å². The molecule has 136 valence electrons. The standard InChI is InChI=1S/C19H18ClNO4S/c1-12-6-7-17(26-12)16(22)11-25-19(24)14-8-18(23)21(10-14)9-13-4-2-3-5-15(13)20/h2-7,14H,8-11H2,1H3/t14-/m0/s1. The molecule has 1 saturated heterocycles. The number of Topliss-reactive ketones (excluding diaryl/α,β-unsaturated/α-hetero) is 1. The summed E-state index contributed by atoms with van der Waals surface area (Å²) in [5.41, 5.74) is 0.833. The zero-order valence-electron chi connectivity index (χ0n) is 14.2. The summed E-state index contributed by atoms with van der Waals surface area (Å²) in [7, 11) is 0. The second kappa shape index (κ2) is 8.01. The summed E-state index contributed by atoms with van der Waals surface area (Å²) in [4.78, 5) is 39.6. The summed E-state index contributed by atoms with van der Waals surface area (Å²) in [5, 5.41) is 0.586. The summed E-state index contributed by atoms with van der Waals surface area (Å²) >= 11 is 7.50. The monoisotopic (exact) mass is 391 g/mol. The molecule has 2 aromatic rings. The minimum absolute atomic E-state index is 0.0928. The number of nitrogens with zero attached hydrogens (tertiary/aromatic N) is 1. The zero-order chi connectivity index (χ0) is 18.7. The number of halogens is 1. The Bertz CT molecular complexity index is 848. The molecule has 0 spiro atoms. The molecule has 1 aliphatic rings. The van der Waals surface area contributed by atoms with Crippen molar-refractivity contribution < 1.29 is 19.1 Å². The topological polar surface area (TPSA) is 63.7 Å². The van der Waals surface area contributed by atoms with Gasteiger partial charge in [-0.3, -0.25) is 14.4 Å². The van der Waals surface area contributed by atoms with Gasteiger partial charge in [-0.1, -0.05) is 29.8 Å². The maximum absolute atomic E-state index is 12.2. The molecule has 0 bridgehead atoms. The van der Waals surface area contributed by atoms with E-state index < -0.39 is 11.9 Å². The Hall–Kier alpha value is -2.18. The van der Waals surface area contributed by atoms with E-state index in [0.717, 1.165) is 10.4 Å². The predicted octanol–water partition coefficient (Wildman–Crippen LogP) is 3.48. The number of ether oxygens (including phenoxy) is 1. The average molecular weight is 392 g/mol. The number of aryl methyl sites for hydroxylation is 1. The van der Waals surface area contributed by atoms with E-state index in [0.29, 0.717) is 16.4 Å². The van der Waals surface area contributed by atoms with Gasteiger partial charge in [0.1, 0.15) is 0 Å². The van der Waals surface area contributed by atoms with Crippen LogP contribution in [0.15, 0.2) is 36.4 Å². The van der Waals surface area contributed by atoms with Gasteiger partial charge in [-0.15, -0.1) is 11.3 Å². The van der Waals surface area contributed by atoms with Crippen LogP contribution in [-0.2, 0) is 20.9 Å². The van der Waals surface area contributed by atoms with E-state index in [-0.39, 0.29) is 31.3 Å². The molecule has 1 fully saturated rings. The van der Waals surface area contributed by atoms with E-state index in [4.69, 9.17) is 16.3 Å². The maximum Gasteiger partial charge on any atom is 0.311 e. The molecule has 1 aromatic heterocycles. The lowest BCUT2D eigenvalue weighted by Gasteiger charge is -2.17. The van der Waals surface area contributed by atoms with E-state index in [1.807, 2.05) is 31.2 Å². The van der Waals surface area contributed by atoms with Crippen LogP contribution in [0.5, 0.6) is 0 Å². The van der Waals surface area contributed by atoms with Crippen LogP contribution in [0.1, 0.15) is 26.5 Å². The third-order valence-corrected chi connectivity index (χ3v) is 5.64. The van der Waals surface area contributed by atoms with Gasteiger partial charge in [-0.25, -0.2) is 0 Å². The summed E-state index contributed by atoms with van der Waals surface area (Å²) in [6, 6.07) is 10.9. The number of carbonyl (C=O) groups is 3. The van der Waals surface area contributed by atoms with Crippen molar-refractivity contribution in [2.45, 2.75) is 19.9 Å². The Morgan fingerprint density at radius 3 is 2.73 bits per heavy atom. The lowest BCUT2D eigenvalue weighted by Crippen LogP contribution is -2.27. The van der Waals surface area contributed by atoms with Crippen molar-refractivity contribution in [2.75, 3.05) is 13.2 Å². The van der Waals surface area contributed by atoms with Gasteiger partial charge in [0.25, 0.3) is 0 Å². The molecule has 0 N–H and O–H groups in total. The fraction of sp³-hybridized carbons (Fsp3) is 0.316. The van der Waals surface area contributed by atoms with Crippen molar-refractivity contribution in [3.63, 3.8) is 0 Å². The fourth-order valence-electron chi connectivity index (χ4n) is 2.83. The van der Waals surface area contributed by atoms with Gasteiger partial charge < -0.3 is 9.64 Å². The third-order valence-electron chi connectivity index (χ3n) is 4.23. The van der Waals surface area contributed by atoms with Crippen LogP contribution in [-0.4, -0.2) is 35.7 Å². The molecule has 0 saturated carbocycles. The molecule has 3 rings (SSSR count). The highest BCUT2D eigenvalue weighted by atomic mass is 35.5. The number of ketones is 1. The largest absolute Gasteiger partial charge is 0.457 e. The quantitative estimate of drug-likeness (QED) is 0.558. The first-order chi connectivity index (χ1) is 12.4. The Morgan fingerprint density at radius 2 is 2.04 bits per heavy atom. The second-order valence-electron chi connectivity index (χ2n) is 6.21. The fourth-order valence-corrected chi connectivity index (χ4v) is 3.81. The van der Waals surface area contributed by atoms with Crippen molar-refractivity contribution in [1.82, 2.24) is 4.90 Å². The van der Waals surface area contributed by atoms with E-state index in [2.05, 4.69) is 0 Å². The van der Waals surface area contributed by atoms with Gasteiger partial charge >= 0.3 is 5.97 Å². The lowest BCUT2D eigenvalue weighted by molar-refractivity contribution is -0.147. The Kier molecular flexibility index (Phi) is 5.74. The van der Waals surface area contributed by atoms with Crippen molar-refractivity contribution in [3.05, 3.63) is 56.7 Å². The molecule has 1 aromatic carbocycles. The van der Waals surface area contributed by atoms with Gasteiger partial charge in [0, 0.05) is 29.4 Å². The van der Waals surface area contributed by atoms with Crippen LogP contribution < -0.4 is 0 Å². The minimum Gasteiger partial charge on any atom is -0.457 e. The highest BCUT2D eigenvalue weighted by Crippen LogP contribution is 2.24. The van der Waals surface area contributed by atoms with Crippen LogP contribution in [0, 0.1) is 12.8 Å². The molecular formula is C19H18ClNO4S. The molecule has 0 aliphatic carbocycles. The van der Waals surface area contributed by atoms with Gasteiger partial charge in [0.15, 0.2) is 6.61 Å². The number of thiophene rings is 1. The summed E-state index contributed by atoms with van der Waals surface area (Å²) < 4.78 is 5.14. The van der Waals surface area contributed by atoms with Gasteiger partial charge in [0.2, 0.25) is 11.7 Å². The van der Waals surface area contributed by atoms with Gasteiger partial charge in [-0.05, 0) is 30.7 Å². The summed E-state index contributed by atoms with van der Waals surface area (Å²) in [5.74, 6) is -1.41. The molecule has 5 nitrogen and oxygen atoms in total. The van der Waals surface area contributed by atoms with E-state index in [1.165, 1.54) is 11.3 Å². The first-order valence-corrected chi connectivity index (χ1v) is 9.41. The van der Waals surface area contributed by atoms with Crippen molar-refractivity contribution in [1.29, 1.82) is 0 Å².